The first-order valence-corrected chi connectivity index (χ1v) is 7.48. The van der Waals surface area contributed by atoms with Crippen molar-refractivity contribution in [2.75, 3.05) is 0 Å². The first-order chi connectivity index (χ1) is 11.5. The molecular formula is C19H16N2O3. The Balaban J connectivity index is 2.15. The summed E-state index contributed by atoms with van der Waals surface area (Å²) in [6, 6.07) is 14.1. The molecule has 0 unspecified atom stereocenters. The summed E-state index contributed by atoms with van der Waals surface area (Å²) in [5.41, 5.74) is 3.93. The molecule has 0 atom stereocenters. The number of hydrogen-bond donors (Lipinski definition) is 2. The zero-order valence-electron chi connectivity index (χ0n) is 13.3. The van der Waals surface area contributed by atoms with Gasteiger partial charge in [0.05, 0.1) is 22.5 Å². The molecule has 120 valence electrons. The lowest BCUT2D eigenvalue weighted by Crippen LogP contribution is -2.10. The van der Waals surface area contributed by atoms with Crippen molar-refractivity contribution < 1.29 is 9.90 Å². The molecule has 1 aliphatic heterocycles. The van der Waals surface area contributed by atoms with Crippen LogP contribution in [0, 0.1) is 6.92 Å². The van der Waals surface area contributed by atoms with Crippen molar-refractivity contribution in [3.8, 4) is 11.3 Å². The Kier molecular flexibility index (Phi) is 4.00. The minimum atomic E-state index is -1.01. The lowest BCUT2D eigenvalue weighted by Gasteiger charge is -2.05. The quantitative estimate of drug-likeness (QED) is 0.723. The van der Waals surface area contributed by atoms with Crippen LogP contribution in [0.15, 0.2) is 58.3 Å². The third-order valence-electron chi connectivity index (χ3n) is 3.89. The summed E-state index contributed by atoms with van der Waals surface area (Å²) in [5, 5.41) is 9.13. The van der Waals surface area contributed by atoms with Gasteiger partial charge in [-0.2, -0.15) is 0 Å². The Morgan fingerprint density at radius 2 is 1.88 bits per heavy atom. The van der Waals surface area contributed by atoms with Gasteiger partial charge >= 0.3 is 5.97 Å². The predicted octanol–water partition coefficient (Wildman–Crippen LogP) is 3.63. The number of nitrogens with zero attached hydrogens (tertiary/aromatic N) is 1. The monoisotopic (exact) mass is 320 g/mol. The van der Waals surface area contributed by atoms with Crippen LogP contribution in [0.1, 0.15) is 28.4 Å². The molecule has 0 radical (unpaired) electrons. The molecule has 0 fully saturated rings. The highest BCUT2D eigenvalue weighted by atomic mass is 16.4. The van der Waals surface area contributed by atoms with Gasteiger partial charge in [0.15, 0.2) is 0 Å². The number of aryl methyl sites for hydroxylation is 1. The van der Waals surface area contributed by atoms with Crippen LogP contribution < -0.4 is 5.56 Å². The van der Waals surface area contributed by atoms with E-state index in [1.807, 2.05) is 37.3 Å². The molecule has 1 aromatic rings. The van der Waals surface area contributed by atoms with Crippen molar-refractivity contribution >= 4 is 17.4 Å². The molecule has 5 heteroatoms. The summed E-state index contributed by atoms with van der Waals surface area (Å²) in [6.45, 7) is 3.61. The van der Waals surface area contributed by atoms with Gasteiger partial charge in [0, 0.05) is 11.3 Å². The van der Waals surface area contributed by atoms with Gasteiger partial charge in [-0.25, -0.2) is 4.79 Å². The number of carboxylic acid groups (broad SMARTS) is 1. The molecule has 0 aromatic heterocycles. The van der Waals surface area contributed by atoms with Crippen LogP contribution in [-0.4, -0.2) is 21.8 Å². The topological polar surface area (TPSA) is 82.5 Å². The van der Waals surface area contributed by atoms with Gasteiger partial charge in [-0.3, -0.25) is 9.79 Å². The molecule has 2 aliphatic rings. The Bertz CT molecular complexity index is 986. The van der Waals surface area contributed by atoms with Crippen LogP contribution in [0.2, 0.25) is 0 Å². The van der Waals surface area contributed by atoms with Gasteiger partial charge in [0.1, 0.15) is 0 Å². The van der Waals surface area contributed by atoms with E-state index in [0.29, 0.717) is 17.0 Å². The average molecular weight is 320 g/mol. The highest BCUT2D eigenvalue weighted by molar-refractivity contribution is 6.06. The summed E-state index contributed by atoms with van der Waals surface area (Å²) in [4.78, 5) is 30.8. The molecular weight excluding hydrogens is 304 g/mol. The van der Waals surface area contributed by atoms with Crippen LogP contribution in [0.5, 0.6) is 0 Å². The lowest BCUT2D eigenvalue weighted by molar-refractivity contribution is 0.0697. The van der Waals surface area contributed by atoms with E-state index in [0.717, 1.165) is 16.8 Å². The first kappa shape index (κ1) is 15.7. The van der Waals surface area contributed by atoms with Gasteiger partial charge in [-0.15, -0.1) is 0 Å². The number of carbonyl (C=O) groups is 1. The van der Waals surface area contributed by atoms with Crippen molar-refractivity contribution in [1.29, 1.82) is 0 Å². The maximum atomic E-state index is 12.3. The largest absolute Gasteiger partial charge is 0.478 e. The van der Waals surface area contributed by atoms with Crippen LogP contribution in [0.4, 0.5) is 5.69 Å². The zero-order chi connectivity index (χ0) is 17.3. The normalized spacial score (nSPS) is 11.7. The molecule has 0 saturated heterocycles. The molecule has 0 saturated carbocycles. The fourth-order valence-corrected chi connectivity index (χ4v) is 2.64. The molecule has 2 N–H and O–H groups in total. The zero-order valence-corrected chi connectivity index (χ0v) is 13.3. The first-order valence-electron chi connectivity index (χ1n) is 7.48. The summed E-state index contributed by atoms with van der Waals surface area (Å²) < 4.78 is 0. The molecule has 1 aromatic carbocycles. The van der Waals surface area contributed by atoms with Crippen molar-refractivity contribution in [2.45, 2.75) is 13.8 Å². The number of nitrogens with one attached hydrogen (secondary N) is 1. The molecule has 24 heavy (non-hydrogen) atoms. The summed E-state index contributed by atoms with van der Waals surface area (Å²) >= 11 is 0. The summed E-state index contributed by atoms with van der Waals surface area (Å²) in [5.74, 6) is -1.01. The second-order valence-corrected chi connectivity index (χ2v) is 5.57. The number of aliphatic imine (C=N–C) groups is 1. The standard InChI is InChI=1S/C19H16N2O3/c1-11-8-9-13(19(23)24)10-16(11)20-12(2)17-14-6-4-3-5-7-15(14)21-18(17)22/h3-10H,1-2H3,(H,21,22)(H,23,24)/b20-12+. The molecule has 3 rings (SSSR count). The highest BCUT2D eigenvalue weighted by Gasteiger charge is 2.16. The number of benzene rings is 1. The Hall–Kier alpha value is -3.21. The molecule has 0 spiro atoms. The number of aromatic carboxylic acids is 1. The highest BCUT2D eigenvalue weighted by Crippen LogP contribution is 2.25. The Morgan fingerprint density at radius 3 is 2.62 bits per heavy atom. The van der Waals surface area contributed by atoms with E-state index in [1.54, 1.807) is 13.0 Å². The minimum Gasteiger partial charge on any atom is -0.478 e. The summed E-state index contributed by atoms with van der Waals surface area (Å²) in [7, 11) is 0. The van der Waals surface area contributed by atoms with Gasteiger partial charge in [-0.1, -0.05) is 30.3 Å². The van der Waals surface area contributed by atoms with Gasteiger partial charge in [-0.05, 0) is 37.6 Å². The van der Waals surface area contributed by atoms with E-state index in [4.69, 9.17) is 5.11 Å². The third-order valence-corrected chi connectivity index (χ3v) is 3.89. The number of carboxylic acids is 1. The minimum absolute atomic E-state index is 0.167. The van der Waals surface area contributed by atoms with Crippen LogP contribution in [0.25, 0.3) is 11.3 Å². The predicted molar refractivity (Wildman–Crippen MR) is 93.7 cm³/mol. The van der Waals surface area contributed by atoms with Gasteiger partial charge in [0.2, 0.25) is 0 Å². The van der Waals surface area contributed by atoms with Crippen molar-refractivity contribution in [2.24, 2.45) is 4.99 Å². The average Bonchev–Trinajstić information content (AvgIpc) is 2.69. The van der Waals surface area contributed by atoms with E-state index in [1.165, 1.54) is 12.1 Å². The number of hydrogen-bond acceptors (Lipinski definition) is 3. The number of rotatable bonds is 3. The van der Waals surface area contributed by atoms with E-state index in [-0.39, 0.29) is 11.1 Å². The second kappa shape index (κ2) is 6.12. The number of aromatic nitrogens is 1. The Labute approximate surface area is 138 Å². The van der Waals surface area contributed by atoms with Crippen LogP contribution in [0.3, 0.4) is 0 Å². The molecule has 5 nitrogen and oxygen atoms in total. The van der Waals surface area contributed by atoms with Crippen molar-refractivity contribution in [1.82, 2.24) is 4.98 Å². The number of aromatic amines is 1. The van der Waals surface area contributed by atoms with E-state index in [9.17, 15) is 9.59 Å². The van der Waals surface area contributed by atoms with Gasteiger partial charge in [0.25, 0.3) is 5.56 Å². The lowest BCUT2D eigenvalue weighted by atomic mass is 10.1. The van der Waals surface area contributed by atoms with E-state index >= 15 is 0 Å². The Morgan fingerprint density at radius 1 is 1.12 bits per heavy atom. The SMILES string of the molecule is C/C(=N\c1cc(C(=O)O)ccc1C)c1c2cccccc-2[nH]c1=O. The molecule has 0 amide bonds. The maximum Gasteiger partial charge on any atom is 0.335 e. The van der Waals surface area contributed by atoms with E-state index in [2.05, 4.69) is 9.98 Å². The number of fused-ring (bicyclic) bond motifs is 1. The fourth-order valence-electron chi connectivity index (χ4n) is 2.64. The fraction of sp³-hybridized carbons (Fsp3) is 0.105. The van der Waals surface area contributed by atoms with Crippen LogP contribution >= 0.6 is 0 Å². The molecule has 1 heterocycles. The molecule has 0 bridgehead atoms. The molecule has 1 aliphatic carbocycles. The van der Waals surface area contributed by atoms with Crippen molar-refractivity contribution in [3.63, 3.8) is 0 Å². The van der Waals surface area contributed by atoms with E-state index < -0.39 is 5.97 Å². The maximum absolute atomic E-state index is 12.3. The summed E-state index contributed by atoms with van der Waals surface area (Å²) in [6.07, 6.45) is 0. The van der Waals surface area contributed by atoms with Gasteiger partial charge < -0.3 is 10.1 Å². The second-order valence-electron chi connectivity index (χ2n) is 5.57. The smallest absolute Gasteiger partial charge is 0.335 e. The number of H-pyrrole nitrogens is 1. The third kappa shape index (κ3) is 2.84. The van der Waals surface area contributed by atoms with Crippen molar-refractivity contribution in [3.05, 3.63) is 75.6 Å². The van der Waals surface area contributed by atoms with Crippen LogP contribution in [-0.2, 0) is 0 Å².